The molecule has 102 valence electrons. The number of anilines is 1. The summed E-state index contributed by atoms with van der Waals surface area (Å²) >= 11 is 3.63. The van der Waals surface area contributed by atoms with E-state index in [9.17, 15) is 0 Å². The molecule has 0 amide bonds. The Morgan fingerprint density at radius 2 is 2.11 bits per heavy atom. The fourth-order valence-electron chi connectivity index (χ4n) is 2.04. The lowest BCUT2D eigenvalue weighted by Crippen LogP contribution is -2.26. The van der Waals surface area contributed by atoms with Crippen LogP contribution in [-0.4, -0.2) is 31.3 Å². The zero-order valence-electron chi connectivity index (χ0n) is 11.4. The lowest BCUT2D eigenvalue weighted by Gasteiger charge is -2.24. The molecule has 0 heterocycles. The molecule has 0 saturated carbocycles. The van der Waals surface area contributed by atoms with Crippen LogP contribution in [0.15, 0.2) is 22.7 Å². The highest BCUT2D eigenvalue weighted by Gasteiger charge is 2.11. The van der Waals surface area contributed by atoms with Crippen molar-refractivity contribution in [2.45, 2.75) is 26.8 Å². The zero-order valence-corrected chi connectivity index (χ0v) is 13.0. The average molecular weight is 315 g/mol. The Morgan fingerprint density at radius 1 is 1.39 bits per heavy atom. The van der Waals surface area contributed by atoms with E-state index in [1.54, 1.807) is 0 Å². The highest BCUT2D eigenvalue weighted by atomic mass is 79.9. The van der Waals surface area contributed by atoms with E-state index in [4.69, 9.17) is 5.11 Å². The second-order valence-corrected chi connectivity index (χ2v) is 5.15. The van der Waals surface area contributed by atoms with E-state index in [2.05, 4.69) is 65.1 Å². The Labute approximate surface area is 118 Å². The van der Waals surface area contributed by atoms with E-state index in [0.29, 0.717) is 12.6 Å². The van der Waals surface area contributed by atoms with Crippen molar-refractivity contribution in [2.24, 2.45) is 0 Å². The number of halogens is 1. The molecule has 0 bridgehead atoms. The van der Waals surface area contributed by atoms with Gasteiger partial charge in [-0.25, -0.2) is 0 Å². The molecule has 18 heavy (non-hydrogen) atoms. The first-order chi connectivity index (χ1) is 8.63. The van der Waals surface area contributed by atoms with Crippen molar-refractivity contribution in [3.63, 3.8) is 0 Å². The highest BCUT2D eigenvalue weighted by molar-refractivity contribution is 9.10. The third kappa shape index (κ3) is 3.97. The number of nitrogens with zero attached hydrogens (tertiary/aromatic N) is 1. The maximum atomic E-state index is 9.07. The summed E-state index contributed by atoms with van der Waals surface area (Å²) in [7, 11) is 0. The summed E-state index contributed by atoms with van der Waals surface area (Å²) in [5.41, 5.74) is 2.41. The highest BCUT2D eigenvalue weighted by Crippen LogP contribution is 2.29. The van der Waals surface area contributed by atoms with Crippen LogP contribution in [0.5, 0.6) is 0 Å². The molecule has 2 N–H and O–H groups in total. The minimum atomic E-state index is 0.176. The molecule has 0 radical (unpaired) electrons. The lowest BCUT2D eigenvalue weighted by molar-refractivity contribution is 0.302. The molecule has 0 fully saturated rings. The number of benzene rings is 1. The summed E-state index contributed by atoms with van der Waals surface area (Å²) in [6.07, 6.45) is 0. The van der Waals surface area contributed by atoms with Gasteiger partial charge in [0.15, 0.2) is 0 Å². The predicted octanol–water partition coefficient (Wildman–Crippen LogP) is 2.94. The Kier molecular flexibility index (Phi) is 6.68. The Morgan fingerprint density at radius 3 is 2.61 bits per heavy atom. The molecule has 1 aromatic rings. The third-order valence-electron chi connectivity index (χ3n) is 3.07. The van der Waals surface area contributed by atoms with Gasteiger partial charge in [-0.3, -0.25) is 0 Å². The zero-order chi connectivity index (χ0) is 13.5. The Balaban J connectivity index is 2.90. The molecule has 3 nitrogen and oxygen atoms in total. The molecular weight excluding hydrogens is 292 g/mol. The molecule has 1 unspecified atom stereocenters. The van der Waals surface area contributed by atoms with Gasteiger partial charge in [-0.15, -0.1) is 0 Å². The van der Waals surface area contributed by atoms with Crippen LogP contribution in [-0.2, 0) is 0 Å². The van der Waals surface area contributed by atoms with Crippen LogP contribution in [0.2, 0.25) is 0 Å². The normalized spacial score (nSPS) is 12.5. The van der Waals surface area contributed by atoms with Crippen molar-refractivity contribution in [3.05, 3.63) is 28.2 Å². The van der Waals surface area contributed by atoms with Crippen LogP contribution >= 0.6 is 15.9 Å². The van der Waals surface area contributed by atoms with Crippen molar-refractivity contribution < 1.29 is 5.11 Å². The summed E-state index contributed by atoms with van der Waals surface area (Å²) in [4.78, 5) is 2.16. The van der Waals surface area contributed by atoms with E-state index in [0.717, 1.165) is 23.2 Å². The summed E-state index contributed by atoms with van der Waals surface area (Å²) in [6, 6.07) is 6.77. The second kappa shape index (κ2) is 7.77. The fraction of sp³-hybridized carbons (Fsp3) is 0.571. The third-order valence-corrected chi connectivity index (χ3v) is 3.71. The van der Waals surface area contributed by atoms with Gasteiger partial charge in [0.1, 0.15) is 0 Å². The first-order valence-corrected chi connectivity index (χ1v) is 7.31. The van der Waals surface area contributed by atoms with Crippen molar-refractivity contribution in [1.82, 2.24) is 5.32 Å². The van der Waals surface area contributed by atoms with Gasteiger partial charge >= 0.3 is 0 Å². The SMILES string of the molecule is CCNC(C)c1ccc(N(CC)CCO)c(Br)c1. The van der Waals surface area contributed by atoms with Crippen LogP contribution in [0.4, 0.5) is 5.69 Å². The first-order valence-electron chi connectivity index (χ1n) is 6.52. The number of hydrogen-bond acceptors (Lipinski definition) is 3. The molecule has 0 spiro atoms. The van der Waals surface area contributed by atoms with Crippen LogP contribution in [0, 0.1) is 0 Å². The number of nitrogens with one attached hydrogen (secondary N) is 1. The maximum absolute atomic E-state index is 9.07. The number of aliphatic hydroxyl groups excluding tert-OH is 1. The minimum Gasteiger partial charge on any atom is -0.395 e. The minimum absolute atomic E-state index is 0.176. The molecular formula is C14H23BrN2O. The van der Waals surface area contributed by atoms with E-state index in [1.807, 2.05) is 0 Å². The van der Waals surface area contributed by atoms with Gasteiger partial charge < -0.3 is 15.3 Å². The quantitative estimate of drug-likeness (QED) is 0.812. The number of aliphatic hydroxyl groups is 1. The summed E-state index contributed by atoms with van der Waals surface area (Å²) in [5, 5.41) is 12.5. The molecule has 0 aliphatic heterocycles. The Hall–Kier alpha value is -0.580. The van der Waals surface area contributed by atoms with Crippen molar-refractivity contribution in [1.29, 1.82) is 0 Å². The van der Waals surface area contributed by atoms with Gasteiger partial charge in [0, 0.05) is 23.6 Å². The van der Waals surface area contributed by atoms with Crippen molar-refractivity contribution in [3.8, 4) is 0 Å². The largest absolute Gasteiger partial charge is 0.395 e. The van der Waals surface area contributed by atoms with Crippen molar-refractivity contribution >= 4 is 21.6 Å². The standard InChI is InChI=1S/C14H23BrN2O/c1-4-16-11(3)12-6-7-14(13(15)10-12)17(5-2)8-9-18/h6-7,10-11,16,18H,4-5,8-9H2,1-3H3. The van der Waals surface area contributed by atoms with E-state index in [1.165, 1.54) is 5.56 Å². The number of rotatable bonds is 7. The number of hydrogen-bond donors (Lipinski definition) is 2. The fourth-order valence-corrected chi connectivity index (χ4v) is 2.69. The van der Waals surface area contributed by atoms with Crippen LogP contribution < -0.4 is 10.2 Å². The van der Waals surface area contributed by atoms with Crippen LogP contribution in [0.1, 0.15) is 32.4 Å². The molecule has 1 rings (SSSR count). The smallest absolute Gasteiger partial charge is 0.0606 e. The van der Waals surface area contributed by atoms with Gasteiger partial charge in [0.2, 0.25) is 0 Å². The van der Waals surface area contributed by atoms with Gasteiger partial charge in [0.25, 0.3) is 0 Å². The first kappa shape index (κ1) is 15.5. The van der Waals surface area contributed by atoms with E-state index in [-0.39, 0.29) is 6.61 Å². The summed E-state index contributed by atoms with van der Waals surface area (Å²) in [6.45, 7) is 9.06. The summed E-state index contributed by atoms with van der Waals surface area (Å²) < 4.78 is 1.08. The van der Waals surface area contributed by atoms with Gasteiger partial charge in [-0.2, -0.15) is 0 Å². The predicted molar refractivity (Wildman–Crippen MR) is 81.2 cm³/mol. The molecule has 0 saturated heterocycles. The lowest BCUT2D eigenvalue weighted by atomic mass is 10.1. The van der Waals surface area contributed by atoms with Gasteiger partial charge in [-0.05, 0) is 54.0 Å². The monoisotopic (exact) mass is 314 g/mol. The van der Waals surface area contributed by atoms with Gasteiger partial charge in [-0.1, -0.05) is 13.0 Å². The molecule has 0 aliphatic carbocycles. The Bertz CT molecular complexity index is 371. The second-order valence-electron chi connectivity index (χ2n) is 4.29. The average Bonchev–Trinajstić information content (AvgIpc) is 2.36. The van der Waals surface area contributed by atoms with Crippen LogP contribution in [0.3, 0.4) is 0 Å². The maximum Gasteiger partial charge on any atom is 0.0606 e. The molecule has 1 atom stereocenters. The van der Waals surface area contributed by atoms with Gasteiger partial charge in [0.05, 0.1) is 12.3 Å². The molecule has 0 aliphatic rings. The van der Waals surface area contributed by atoms with Crippen molar-refractivity contribution in [2.75, 3.05) is 31.1 Å². The topological polar surface area (TPSA) is 35.5 Å². The van der Waals surface area contributed by atoms with E-state index < -0.39 is 0 Å². The van der Waals surface area contributed by atoms with E-state index >= 15 is 0 Å². The van der Waals surface area contributed by atoms with Crippen LogP contribution in [0.25, 0.3) is 0 Å². The molecule has 4 heteroatoms. The summed E-state index contributed by atoms with van der Waals surface area (Å²) in [5.74, 6) is 0. The molecule has 0 aromatic heterocycles. The molecule has 1 aromatic carbocycles. The number of likely N-dealkylation sites (N-methyl/N-ethyl adjacent to an activating group) is 1.